The van der Waals surface area contributed by atoms with Crippen LogP contribution in [0.15, 0.2) is 18.6 Å². The molecule has 46 heavy (non-hydrogen) atoms. The monoisotopic (exact) mass is 643 g/mol. The zero-order chi connectivity index (χ0) is 33.7. The highest BCUT2D eigenvalue weighted by molar-refractivity contribution is 6.38. The van der Waals surface area contributed by atoms with Crippen molar-refractivity contribution in [3.8, 4) is 0 Å². The molecule has 0 radical (unpaired) electrons. The van der Waals surface area contributed by atoms with E-state index in [0.29, 0.717) is 12.8 Å². The number of aromatic nitrogens is 2. The number of carbonyl (C=O) groups is 6. The summed E-state index contributed by atoms with van der Waals surface area (Å²) in [6, 6.07) is -4.30. The van der Waals surface area contributed by atoms with Crippen molar-refractivity contribution in [1.29, 1.82) is 0 Å². The number of likely N-dealkylation sites (tertiary alicyclic amines) is 1. The Balaban J connectivity index is 1.52. The molecule has 14 heteroatoms. The molecule has 1 saturated heterocycles. The molecule has 0 bridgehead atoms. The lowest BCUT2D eigenvalue weighted by molar-refractivity contribution is -0.145. The Bertz CT molecular complexity index is 1310. The number of Topliss-reactive ketones (excluding diaryl/α,β-unsaturated/α-hetero) is 1. The lowest BCUT2D eigenvalue weighted by Gasteiger charge is -2.34. The van der Waals surface area contributed by atoms with Gasteiger partial charge in [-0.3, -0.25) is 33.8 Å². The van der Waals surface area contributed by atoms with Gasteiger partial charge in [-0.05, 0) is 49.9 Å². The molecule has 5 amide bonds. The second-order valence-electron chi connectivity index (χ2n) is 13.3. The lowest BCUT2D eigenvalue weighted by atomic mass is 9.92. The predicted octanol–water partition coefficient (Wildman–Crippen LogP) is 1.08. The van der Waals surface area contributed by atoms with Gasteiger partial charge in [0.15, 0.2) is 0 Å². The third-order valence-corrected chi connectivity index (χ3v) is 9.10. The van der Waals surface area contributed by atoms with E-state index < -0.39 is 83.4 Å². The summed E-state index contributed by atoms with van der Waals surface area (Å²) in [5, 5.41) is 10.8. The van der Waals surface area contributed by atoms with Gasteiger partial charge in [0, 0.05) is 30.9 Å². The van der Waals surface area contributed by atoms with Crippen molar-refractivity contribution in [2.45, 2.75) is 110 Å². The summed E-state index contributed by atoms with van der Waals surface area (Å²) in [5.41, 5.74) is 0.0283. The molecule has 3 aliphatic rings. The molecule has 2 aliphatic carbocycles. The quantitative estimate of drug-likeness (QED) is 0.218. The van der Waals surface area contributed by atoms with Crippen LogP contribution in [-0.2, 0) is 24.0 Å². The first-order chi connectivity index (χ1) is 21.8. The Kier molecular flexibility index (Phi) is 11.4. The van der Waals surface area contributed by atoms with Gasteiger partial charge < -0.3 is 26.2 Å². The fourth-order valence-corrected chi connectivity index (χ4v) is 6.38. The Morgan fingerprint density at radius 3 is 2.20 bits per heavy atom. The number of carbonyl (C=O) groups excluding carboxylic acids is 6. The first-order valence-corrected chi connectivity index (χ1v) is 16.3. The van der Waals surface area contributed by atoms with Crippen LogP contribution in [0.4, 0.5) is 4.39 Å². The fraction of sp³-hybridized carbons (Fsp3) is 0.688. The van der Waals surface area contributed by atoms with Gasteiger partial charge in [0.25, 0.3) is 11.8 Å². The maximum Gasteiger partial charge on any atom is 0.289 e. The third-order valence-electron chi connectivity index (χ3n) is 9.10. The van der Waals surface area contributed by atoms with E-state index in [1.165, 1.54) is 23.5 Å². The van der Waals surface area contributed by atoms with Gasteiger partial charge in [0.2, 0.25) is 23.5 Å². The Morgan fingerprint density at radius 1 is 0.913 bits per heavy atom. The van der Waals surface area contributed by atoms with Crippen molar-refractivity contribution in [1.82, 2.24) is 36.1 Å². The SMILES string of the molecule is CCC[C@@H](NC(=O)[C@@H]1[C@H]2CC[C@H](F)[C@H]2CN1C(=O)[C@@H](NC(=O)[C@@H](NC(=O)c1cnccn1)C(C)C)C(C)C)C(=O)C(=O)NC1CC1. The number of fused-ring (bicyclic) bond motifs is 1. The van der Waals surface area contributed by atoms with E-state index in [1.807, 2.05) is 6.92 Å². The van der Waals surface area contributed by atoms with Gasteiger partial charge in [0.1, 0.15) is 30.0 Å². The Labute approximate surface area is 268 Å². The van der Waals surface area contributed by atoms with Crippen LogP contribution < -0.4 is 21.3 Å². The molecule has 0 unspecified atom stereocenters. The van der Waals surface area contributed by atoms with Crippen molar-refractivity contribution >= 4 is 35.3 Å². The number of hydrogen-bond donors (Lipinski definition) is 4. The second kappa shape index (κ2) is 15.1. The Morgan fingerprint density at radius 2 is 1.61 bits per heavy atom. The van der Waals surface area contributed by atoms with Crippen molar-refractivity contribution in [3.05, 3.63) is 24.3 Å². The van der Waals surface area contributed by atoms with E-state index in [1.54, 1.807) is 27.7 Å². The van der Waals surface area contributed by atoms with Crippen LogP contribution in [0.1, 0.15) is 83.6 Å². The predicted molar refractivity (Wildman–Crippen MR) is 165 cm³/mol. The highest BCUT2D eigenvalue weighted by Crippen LogP contribution is 2.44. The number of nitrogens with one attached hydrogen (secondary N) is 4. The standard InChI is InChI=1S/C32H46FN7O6/c1-6-7-22(27(41)31(45)36-18-8-9-18)37-30(44)26-19-10-11-21(33)20(19)15-40(26)32(46)25(17(4)5)39-29(43)24(16(2)3)38-28(42)23-14-34-12-13-35-23/h12-14,16-22,24-26H,6-11,15H2,1-5H3,(H,36,45)(H,37,44)(H,38,42)(H,39,43)/t19-,20-,21-,22+,24-,25-,26-/m0/s1. The molecule has 2 heterocycles. The van der Waals surface area contributed by atoms with Gasteiger partial charge in [-0.25, -0.2) is 9.37 Å². The topological polar surface area (TPSA) is 180 Å². The number of halogens is 1. The molecule has 2 saturated carbocycles. The third kappa shape index (κ3) is 8.05. The van der Waals surface area contributed by atoms with Crippen LogP contribution >= 0.6 is 0 Å². The summed E-state index contributed by atoms with van der Waals surface area (Å²) in [7, 11) is 0. The summed E-state index contributed by atoms with van der Waals surface area (Å²) >= 11 is 0. The largest absolute Gasteiger partial charge is 0.347 e. The maximum atomic E-state index is 15.0. The molecule has 0 aromatic carbocycles. The first kappa shape index (κ1) is 34.9. The second-order valence-corrected chi connectivity index (χ2v) is 13.3. The number of hydrogen-bond acceptors (Lipinski definition) is 8. The van der Waals surface area contributed by atoms with Crippen LogP contribution in [0.3, 0.4) is 0 Å². The molecule has 1 aromatic rings. The van der Waals surface area contributed by atoms with Gasteiger partial charge in [-0.1, -0.05) is 41.0 Å². The van der Waals surface area contributed by atoms with Crippen LogP contribution in [0.25, 0.3) is 0 Å². The molecule has 13 nitrogen and oxygen atoms in total. The fourth-order valence-electron chi connectivity index (χ4n) is 6.38. The van der Waals surface area contributed by atoms with E-state index in [9.17, 15) is 28.8 Å². The van der Waals surface area contributed by atoms with E-state index in [4.69, 9.17) is 0 Å². The first-order valence-electron chi connectivity index (χ1n) is 16.3. The number of rotatable bonds is 14. The minimum Gasteiger partial charge on any atom is -0.347 e. The minimum absolute atomic E-state index is 0.0204. The molecular weight excluding hydrogens is 597 g/mol. The minimum atomic E-state index is -1.20. The van der Waals surface area contributed by atoms with Crippen molar-refractivity contribution in [2.75, 3.05) is 6.54 Å². The van der Waals surface area contributed by atoms with E-state index in [2.05, 4.69) is 31.2 Å². The van der Waals surface area contributed by atoms with Crippen molar-refractivity contribution in [2.24, 2.45) is 23.7 Å². The average molecular weight is 644 g/mol. The molecule has 3 fully saturated rings. The summed E-state index contributed by atoms with van der Waals surface area (Å²) in [5.74, 6) is -5.71. The maximum absolute atomic E-state index is 15.0. The molecule has 0 spiro atoms. The van der Waals surface area contributed by atoms with E-state index in [0.717, 1.165) is 12.8 Å². The number of alkyl halides is 1. The number of nitrogens with zero attached hydrogens (tertiary/aromatic N) is 3. The van der Waals surface area contributed by atoms with Crippen molar-refractivity contribution < 1.29 is 33.2 Å². The molecule has 1 aliphatic heterocycles. The zero-order valence-electron chi connectivity index (χ0n) is 27.1. The smallest absolute Gasteiger partial charge is 0.289 e. The normalized spacial score (nSPS) is 24.1. The van der Waals surface area contributed by atoms with Crippen LogP contribution in [0, 0.1) is 23.7 Å². The summed E-state index contributed by atoms with van der Waals surface area (Å²) < 4.78 is 15.0. The van der Waals surface area contributed by atoms with Crippen LogP contribution in [-0.4, -0.2) is 93.1 Å². The van der Waals surface area contributed by atoms with Crippen LogP contribution in [0.2, 0.25) is 0 Å². The highest BCUT2D eigenvalue weighted by Gasteiger charge is 2.55. The molecule has 1 aromatic heterocycles. The average Bonchev–Trinajstić information content (AvgIpc) is 3.65. The van der Waals surface area contributed by atoms with Gasteiger partial charge in [0.05, 0.1) is 12.2 Å². The zero-order valence-corrected chi connectivity index (χ0v) is 27.1. The molecule has 252 valence electrons. The molecule has 4 rings (SSSR count). The van der Waals surface area contributed by atoms with Gasteiger partial charge in [-0.2, -0.15) is 0 Å². The Hall–Kier alpha value is -3.97. The summed E-state index contributed by atoms with van der Waals surface area (Å²) in [6.45, 7) is 8.78. The van der Waals surface area contributed by atoms with Gasteiger partial charge >= 0.3 is 0 Å². The van der Waals surface area contributed by atoms with E-state index >= 15 is 4.39 Å². The highest BCUT2D eigenvalue weighted by atomic mass is 19.1. The van der Waals surface area contributed by atoms with Gasteiger partial charge in [-0.15, -0.1) is 0 Å². The number of amides is 5. The van der Waals surface area contributed by atoms with Crippen LogP contribution in [0.5, 0.6) is 0 Å². The molecule has 7 atom stereocenters. The summed E-state index contributed by atoms with van der Waals surface area (Å²) in [4.78, 5) is 89.0. The molecule has 4 N–H and O–H groups in total. The number of ketones is 1. The summed E-state index contributed by atoms with van der Waals surface area (Å²) in [6.07, 6.45) is 5.83. The van der Waals surface area contributed by atoms with Crippen molar-refractivity contribution in [3.63, 3.8) is 0 Å². The van der Waals surface area contributed by atoms with E-state index in [-0.39, 0.29) is 37.0 Å². The molecular formula is C32H46FN7O6. The lowest BCUT2D eigenvalue weighted by Crippen LogP contribution is -2.60.